The van der Waals surface area contributed by atoms with Gasteiger partial charge >= 0.3 is 0 Å². The summed E-state index contributed by atoms with van der Waals surface area (Å²) in [6.45, 7) is 8.64. The number of nitrogens with zero attached hydrogens (tertiary/aromatic N) is 1. The lowest BCUT2D eigenvalue weighted by molar-refractivity contribution is 0.0628. The summed E-state index contributed by atoms with van der Waals surface area (Å²) >= 11 is 0. The van der Waals surface area contributed by atoms with Gasteiger partial charge in [-0.05, 0) is 52.6 Å². The van der Waals surface area contributed by atoms with E-state index in [9.17, 15) is 0 Å². The highest BCUT2D eigenvalue weighted by Gasteiger charge is 2.31. The van der Waals surface area contributed by atoms with Crippen molar-refractivity contribution in [3.05, 3.63) is 0 Å². The molecule has 0 aromatic carbocycles. The van der Waals surface area contributed by atoms with E-state index in [-0.39, 0.29) is 0 Å². The maximum Gasteiger partial charge on any atom is 0.0195 e. The molecule has 0 aliphatic carbocycles. The van der Waals surface area contributed by atoms with Crippen LogP contribution in [0.5, 0.6) is 0 Å². The molecule has 1 unspecified atom stereocenters. The van der Waals surface area contributed by atoms with Gasteiger partial charge in [-0.1, -0.05) is 12.8 Å². The molecule has 2 aliphatic rings. The molecular weight excluding hydrogens is 184 g/mol. The zero-order chi connectivity index (χ0) is 10.7. The van der Waals surface area contributed by atoms with Gasteiger partial charge in [-0.25, -0.2) is 0 Å². The van der Waals surface area contributed by atoms with Crippen LogP contribution in [0.2, 0.25) is 0 Å². The van der Waals surface area contributed by atoms with E-state index in [0.717, 1.165) is 6.04 Å². The monoisotopic (exact) mass is 210 g/mol. The van der Waals surface area contributed by atoms with Crippen molar-refractivity contribution in [2.75, 3.05) is 19.6 Å². The summed E-state index contributed by atoms with van der Waals surface area (Å²) in [7, 11) is 0. The van der Waals surface area contributed by atoms with Crippen LogP contribution >= 0.6 is 0 Å². The smallest absolute Gasteiger partial charge is 0.0195 e. The Kier molecular flexibility index (Phi) is 3.68. The molecule has 2 heteroatoms. The van der Waals surface area contributed by atoms with Gasteiger partial charge in [0.15, 0.2) is 0 Å². The third-order valence-corrected chi connectivity index (χ3v) is 4.18. The Morgan fingerprint density at radius 1 is 1.20 bits per heavy atom. The van der Waals surface area contributed by atoms with Crippen molar-refractivity contribution in [2.24, 2.45) is 0 Å². The number of likely N-dealkylation sites (tertiary alicyclic amines) is 1. The molecule has 0 spiro atoms. The average molecular weight is 210 g/mol. The highest BCUT2D eigenvalue weighted by Crippen LogP contribution is 2.27. The van der Waals surface area contributed by atoms with Crippen molar-refractivity contribution < 1.29 is 0 Å². The Hall–Kier alpha value is -0.0800. The second-order valence-corrected chi connectivity index (χ2v) is 5.86. The van der Waals surface area contributed by atoms with Crippen molar-refractivity contribution in [1.29, 1.82) is 0 Å². The third kappa shape index (κ3) is 2.94. The lowest BCUT2D eigenvalue weighted by Gasteiger charge is -2.44. The molecule has 2 heterocycles. The molecule has 0 saturated carbocycles. The van der Waals surface area contributed by atoms with Crippen LogP contribution in [0.25, 0.3) is 0 Å². The fraction of sp³-hybridized carbons (Fsp3) is 1.00. The molecule has 1 N–H and O–H groups in total. The third-order valence-electron chi connectivity index (χ3n) is 4.18. The number of hydrogen-bond donors (Lipinski definition) is 1. The van der Waals surface area contributed by atoms with E-state index in [2.05, 4.69) is 24.1 Å². The van der Waals surface area contributed by atoms with Crippen LogP contribution < -0.4 is 5.32 Å². The molecule has 1 atom stereocenters. The van der Waals surface area contributed by atoms with Gasteiger partial charge in [0.25, 0.3) is 0 Å². The number of nitrogens with one attached hydrogen (secondary N) is 1. The number of rotatable bonds is 2. The zero-order valence-electron chi connectivity index (χ0n) is 10.4. The Morgan fingerprint density at radius 2 is 2.07 bits per heavy atom. The van der Waals surface area contributed by atoms with E-state index in [0.29, 0.717) is 5.54 Å². The minimum atomic E-state index is 0.442. The first-order chi connectivity index (χ1) is 7.18. The summed E-state index contributed by atoms with van der Waals surface area (Å²) in [5.74, 6) is 0. The minimum absolute atomic E-state index is 0.442. The van der Waals surface area contributed by atoms with Gasteiger partial charge in [0.1, 0.15) is 0 Å². The van der Waals surface area contributed by atoms with Crippen molar-refractivity contribution in [3.8, 4) is 0 Å². The predicted octanol–water partition coefficient (Wildman–Crippen LogP) is 2.39. The minimum Gasteiger partial charge on any atom is -0.313 e. The maximum atomic E-state index is 3.66. The molecule has 0 aromatic heterocycles. The summed E-state index contributed by atoms with van der Waals surface area (Å²) in [6.07, 6.45) is 8.37. The zero-order valence-corrected chi connectivity index (χ0v) is 10.4. The number of hydrogen-bond acceptors (Lipinski definition) is 2. The molecule has 15 heavy (non-hydrogen) atoms. The summed E-state index contributed by atoms with van der Waals surface area (Å²) in [5.41, 5.74) is 0.442. The Bertz CT molecular complexity index is 195. The standard InChI is InChI=1S/C13H26N2/c1-13(2)8-4-6-10-15(13)11-12-7-3-5-9-14-12/h12,14H,3-11H2,1-2H3. The largest absolute Gasteiger partial charge is 0.313 e. The second kappa shape index (κ2) is 4.84. The molecule has 2 fully saturated rings. The van der Waals surface area contributed by atoms with Crippen LogP contribution in [0.3, 0.4) is 0 Å². The Morgan fingerprint density at radius 3 is 2.73 bits per heavy atom. The molecule has 0 bridgehead atoms. The van der Waals surface area contributed by atoms with Crippen LogP contribution in [-0.2, 0) is 0 Å². The highest BCUT2D eigenvalue weighted by molar-refractivity contribution is 4.88. The first kappa shape index (κ1) is 11.4. The van der Waals surface area contributed by atoms with E-state index in [1.807, 2.05) is 0 Å². The molecule has 2 aliphatic heterocycles. The SMILES string of the molecule is CC1(C)CCCCN1CC1CCCCN1. The molecule has 2 rings (SSSR count). The summed E-state index contributed by atoms with van der Waals surface area (Å²) in [6, 6.07) is 0.760. The van der Waals surface area contributed by atoms with Gasteiger partial charge in [-0.3, -0.25) is 4.90 Å². The van der Waals surface area contributed by atoms with E-state index >= 15 is 0 Å². The van der Waals surface area contributed by atoms with Gasteiger partial charge in [0, 0.05) is 18.1 Å². The molecule has 0 radical (unpaired) electrons. The normalized spacial score (nSPS) is 32.8. The molecule has 0 aromatic rings. The first-order valence-corrected chi connectivity index (χ1v) is 6.67. The molecular formula is C13H26N2. The van der Waals surface area contributed by atoms with E-state index in [1.165, 1.54) is 58.2 Å². The predicted molar refractivity (Wildman–Crippen MR) is 65.1 cm³/mol. The number of piperidine rings is 2. The second-order valence-electron chi connectivity index (χ2n) is 5.86. The molecule has 0 amide bonds. The van der Waals surface area contributed by atoms with Crippen LogP contribution in [0.1, 0.15) is 52.4 Å². The van der Waals surface area contributed by atoms with Gasteiger partial charge in [0.2, 0.25) is 0 Å². The van der Waals surface area contributed by atoms with Crippen molar-refractivity contribution >= 4 is 0 Å². The van der Waals surface area contributed by atoms with Crippen LogP contribution in [-0.4, -0.2) is 36.1 Å². The van der Waals surface area contributed by atoms with Crippen LogP contribution in [0.4, 0.5) is 0 Å². The molecule has 2 saturated heterocycles. The lowest BCUT2D eigenvalue weighted by Crippen LogP contribution is -2.53. The van der Waals surface area contributed by atoms with Crippen LogP contribution in [0, 0.1) is 0 Å². The summed E-state index contributed by atoms with van der Waals surface area (Å²) in [4.78, 5) is 2.71. The fourth-order valence-electron chi connectivity index (χ4n) is 3.01. The van der Waals surface area contributed by atoms with E-state index in [1.54, 1.807) is 0 Å². The first-order valence-electron chi connectivity index (χ1n) is 6.67. The average Bonchev–Trinajstić information content (AvgIpc) is 2.23. The summed E-state index contributed by atoms with van der Waals surface area (Å²) in [5, 5.41) is 3.66. The van der Waals surface area contributed by atoms with E-state index in [4.69, 9.17) is 0 Å². The van der Waals surface area contributed by atoms with Crippen LogP contribution in [0.15, 0.2) is 0 Å². The van der Waals surface area contributed by atoms with Gasteiger partial charge in [-0.15, -0.1) is 0 Å². The molecule has 2 nitrogen and oxygen atoms in total. The Labute approximate surface area is 94.4 Å². The lowest BCUT2D eigenvalue weighted by atomic mass is 9.89. The van der Waals surface area contributed by atoms with Gasteiger partial charge < -0.3 is 5.32 Å². The topological polar surface area (TPSA) is 15.3 Å². The van der Waals surface area contributed by atoms with Crippen molar-refractivity contribution in [2.45, 2.75) is 64.0 Å². The fourth-order valence-corrected chi connectivity index (χ4v) is 3.01. The maximum absolute atomic E-state index is 3.66. The van der Waals surface area contributed by atoms with Gasteiger partial charge in [-0.2, -0.15) is 0 Å². The van der Waals surface area contributed by atoms with Crippen molar-refractivity contribution in [1.82, 2.24) is 10.2 Å². The van der Waals surface area contributed by atoms with Gasteiger partial charge in [0.05, 0.1) is 0 Å². The quantitative estimate of drug-likeness (QED) is 0.753. The highest BCUT2D eigenvalue weighted by atomic mass is 15.2. The summed E-state index contributed by atoms with van der Waals surface area (Å²) < 4.78 is 0. The Balaban J connectivity index is 1.85. The van der Waals surface area contributed by atoms with E-state index < -0.39 is 0 Å². The molecule has 88 valence electrons. The van der Waals surface area contributed by atoms with Crippen molar-refractivity contribution in [3.63, 3.8) is 0 Å².